The van der Waals surface area contributed by atoms with Crippen LogP contribution in [0.25, 0.3) is 11.0 Å². The summed E-state index contributed by atoms with van der Waals surface area (Å²) in [5.74, 6) is 0.853. The summed E-state index contributed by atoms with van der Waals surface area (Å²) < 4.78 is 0. The second-order valence-corrected chi connectivity index (χ2v) is 5.86. The van der Waals surface area contributed by atoms with Gasteiger partial charge in [0.1, 0.15) is 11.5 Å². The number of piperidine rings is 1. The average Bonchev–Trinajstić information content (AvgIpc) is 3.06. The van der Waals surface area contributed by atoms with Crippen molar-refractivity contribution in [1.29, 1.82) is 0 Å². The van der Waals surface area contributed by atoms with Gasteiger partial charge in [-0.1, -0.05) is 18.2 Å². The maximum atomic E-state index is 12.8. The zero-order valence-corrected chi connectivity index (χ0v) is 12.8. The van der Waals surface area contributed by atoms with Crippen molar-refractivity contribution in [2.75, 3.05) is 6.54 Å². The highest BCUT2D eigenvalue weighted by Gasteiger charge is 2.31. The summed E-state index contributed by atoms with van der Waals surface area (Å²) in [5.41, 5.74) is 2.45. The minimum Gasteiger partial charge on any atom is -0.340 e. The highest BCUT2D eigenvalue weighted by molar-refractivity contribution is 5.92. The Morgan fingerprint density at radius 2 is 2.00 bits per heavy atom. The Morgan fingerprint density at radius 3 is 2.83 bits per heavy atom. The van der Waals surface area contributed by atoms with Gasteiger partial charge in [0.15, 0.2) is 0 Å². The van der Waals surface area contributed by atoms with Crippen molar-refractivity contribution < 1.29 is 4.79 Å². The molecule has 1 saturated heterocycles. The quantitative estimate of drug-likeness (QED) is 0.790. The van der Waals surface area contributed by atoms with Crippen molar-refractivity contribution in [2.24, 2.45) is 0 Å². The van der Waals surface area contributed by atoms with E-state index in [1.165, 1.54) is 0 Å². The molecule has 1 aliphatic heterocycles. The van der Waals surface area contributed by atoms with Crippen molar-refractivity contribution in [3.63, 3.8) is 0 Å². The molecule has 0 bridgehead atoms. The van der Waals surface area contributed by atoms with E-state index in [1.54, 1.807) is 12.3 Å². The molecule has 23 heavy (non-hydrogen) atoms. The van der Waals surface area contributed by atoms with E-state index in [1.807, 2.05) is 41.3 Å². The third-order valence-corrected chi connectivity index (χ3v) is 4.37. The summed E-state index contributed by atoms with van der Waals surface area (Å²) in [4.78, 5) is 27.0. The lowest BCUT2D eigenvalue weighted by molar-refractivity contribution is 0.0595. The first-order chi connectivity index (χ1) is 11.3. The molecule has 4 rings (SSSR count). The Balaban J connectivity index is 1.69. The number of para-hydroxylation sites is 2. The zero-order chi connectivity index (χ0) is 15.6. The van der Waals surface area contributed by atoms with E-state index in [0.717, 1.165) is 42.7 Å². The molecule has 116 valence electrons. The molecule has 0 radical (unpaired) electrons. The van der Waals surface area contributed by atoms with Gasteiger partial charge >= 0.3 is 0 Å². The van der Waals surface area contributed by atoms with Crippen LogP contribution in [0, 0.1) is 0 Å². The van der Waals surface area contributed by atoms with E-state index in [2.05, 4.69) is 9.97 Å². The largest absolute Gasteiger partial charge is 0.340 e. The Hall–Kier alpha value is -2.69. The molecule has 3 heterocycles. The first-order valence-electron chi connectivity index (χ1n) is 7.99. The molecule has 0 aliphatic carbocycles. The fourth-order valence-electron chi connectivity index (χ4n) is 3.23. The van der Waals surface area contributed by atoms with E-state index in [4.69, 9.17) is 4.98 Å². The maximum absolute atomic E-state index is 12.8. The number of H-pyrrole nitrogens is 1. The number of pyridine rings is 1. The van der Waals surface area contributed by atoms with E-state index in [-0.39, 0.29) is 11.9 Å². The summed E-state index contributed by atoms with van der Waals surface area (Å²) in [5, 5.41) is 0. The number of hydrogen-bond acceptors (Lipinski definition) is 3. The van der Waals surface area contributed by atoms with Crippen molar-refractivity contribution >= 4 is 16.9 Å². The number of hydrogen-bond donors (Lipinski definition) is 1. The molecule has 3 aromatic rings. The van der Waals surface area contributed by atoms with Gasteiger partial charge in [0.25, 0.3) is 5.91 Å². The minimum absolute atomic E-state index is 0.00865. The third-order valence-electron chi connectivity index (χ3n) is 4.37. The predicted molar refractivity (Wildman–Crippen MR) is 88.0 cm³/mol. The monoisotopic (exact) mass is 306 g/mol. The Kier molecular flexibility index (Phi) is 3.54. The van der Waals surface area contributed by atoms with Crippen molar-refractivity contribution in [3.05, 3.63) is 60.2 Å². The molecule has 1 atom stereocenters. The molecule has 1 amide bonds. The number of likely N-dealkylation sites (tertiary alicyclic amines) is 1. The number of fused-ring (bicyclic) bond motifs is 1. The predicted octanol–water partition coefficient (Wildman–Crippen LogP) is 3.33. The molecule has 0 saturated carbocycles. The summed E-state index contributed by atoms with van der Waals surface area (Å²) in [7, 11) is 0. The van der Waals surface area contributed by atoms with Gasteiger partial charge in [-0.05, 0) is 43.5 Å². The first kappa shape index (κ1) is 13.9. The molecule has 5 heteroatoms. The van der Waals surface area contributed by atoms with Gasteiger partial charge < -0.3 is 9.88 Å². The van der Waals surface area contributed by atoms with E-state index >= 15 is 0 Å². The number of benzene rings is 1. The number of imidazole rings is 1. The van der Waals surface area contributed by atoms with E-state index in [0.29, 0.717) is 5.69 Å². The second kappa shape index (κ2) is 5.83. The normalized spacial score (nSPS) is 18.3. The van der Waals surface area contributed by atoms with Crippen LogP contribution >= 0.6 is 0 Å². The highest BCUT2D eigenvalue weighted by atomic mass is 16.2. The lowest BCUT2D eigenvalue weighted by Crippen LogP contribution is -2.39. The van der Waals surface area contributed by atoms with Gasteiger partial charge in [0, 0.05) is 12.7 Å². The van der Waals surface area contributed by atoms with Crippen LogP contribution in [0.1, 0.15) is 41.6 Å². The van der Waals surface area contributed by atoms with Gasteiger partial charge in [-0.15, -0.1) is 0 Å². The summed E-state index contributed by atoms with van der Waals surface area (Å²) in [6.07, 6.45) is 4.72. The number of nitrogens with zero attached hydrogens (tertiary/aromatic N) is 3. The lowest BCUT2D eigenvalue weighted by atomic mass is 10.0. The molecule has 0 spiro atoms. The van der Waals surface area contributed by atoms with Crippen LogP contribution in [0.2, 0.25) is 0 Å². The van der Waals surface area contributed by atoms with Gasteiger partial charge in [-0.25, -0.2) is 4.98 Å². The number of rotatable bonds is 2. The summed E-state index contributed by atoms with van der Waals surface area (Å²) in [6, 6.07) is 13.4. The standard InChI is InChI=1S/C18H18N4O/c23-18(15-9-3-5-11-19-15)22-12-6-4-10-16(22)17-20-13-7-1-2-8-14(13)21-17/h1-3,5,7-9,11,16H,4,6,10,12H2,(H,20,21). The smallest absolute Gasteiger partial charge is 0.273 e. The van der Waals surface area contributed by atoms with Crippen LogP contribution in [0.3, 0.4) is 0 Å². The fraction of sp³-hybridized carbons (Fsp3) is 0.278. The molecule has 1 N–H and O–H groups in total. The summed E-state index contributed by atoms with van der Waals surface area (Å²) >= 11 is 0. The van der Waals surface area contributed by atoms with Crippen LogP contribution in [0.5, 0.6) is 0 Å². The fourth-order valence-corrected chi connectivity index (χ4v) is 3.23. The lowest BCUT2D eigenvalue weighted by Gasteiger charge is -2.34. The number of nitrogens with one attached hydrogen (secondary N) is 1. The molecule has 1 aliphatic rings. The van der Waals surface area contributed by atoms with Gasteiger partial charge in [-0.3, -0.25) is 9.78 Å². The van der Waals surface area contributed by atoms with E-state index < -0.39 is 0 Å². The SMILES string of the molecule is O=C(c1ccccn1)N1CCCCC1c1nc2ccccc2[nH]1. The zero-order valence-electron chi connectivity index (χ0n) is 12.8. The van der Waals surface area contributed by atoms with Crippen molar-refractivity contribution in [3.8, 4) is 0 Å². The second-order valence-electron chi connectivity index (χ2n) is 5.86. The Labute approximate surface area is 134 Å². The van der Waals surface area contributed by atoms with Crippen molar-refractivity contribution in [1.82, 2.24) is 19.9 Å². The summed E-state index contributed by atoms with van der Waals surface area (Å²) in [6.45, 7) is 0.747. The molecule has 1 aromatic carbocycles. The molecule has 5 nitrogen and oxygen atoms in total. The van der Waals surface area contributed by atoms with E-state index in [9.17, 15) is 4.79 Å². The van der Waals surface area contributed by atoms with Crippen molar-refractivity contribution in [2.45, 2.75) is 25.3 Å². The van der Waals surface area contributed by atoms with Gasteiger partial charge in [0.2, 0.25) is 0 Å². The topological polar surface area (TPSA) is 61.9 Å². The molecule has 2 aromatic heterocycles. The number of amides is 1. The third kappa shape index (κ3) is 2.59. The number of carbonyl (C=O) groups is 1. The molecular weight excluding hydrogens is 288 g/mol. The van der Waals surface area contributed by atoms with Crippen LogP contribution in [-0.2, 0) is 0 Å². The van der Waals surface area contributed by atoms with Crippen LogP contribution in [0.4, 0.5) is 0 Å². The molecule has 1 fully saturated rings. The number of aromatic amines is 1. The Bertz CT molecular complexity index is 794. The Morgan fingerprint density at radius 1 is 1.13 bits per heavy atom. The van der Waals surface area contributed by atoms with Gasteiger partial charge in [0.05, 0.1) is 17.1 Å². The maximum Gasteiger partial charge on any atom is 0.273 e. The molecule has 1 unspecified atom stereocenters. The number of carbonyl (C=O) groups excluding carboxylic acids is 1. The van der Waals surface area contributed by atoms with Crippen LogP contribution in [0.15, 0.2) is 48.7 Å². The van der Waals surface area contributed by atoms with Crippen LogP contribution in [-0.4, -0.2) is 32.3 Å². The highest BCUT2D eigenvalue weighted by Crippen LogP contribution is 2.31. The van der Waals surface area contributed by atoms with Gasteiger partial charge in [-0.2, -0.15) is 0 Å². The average molecular weight is 306 g/mol. The first-order valence-corrected chi connectivity index (χ1v) is 7.99. The number of aromatic nitrogens is 3. The minimum atomic E-state index is -0.0178. The van der Waals surface area contributed by atoms with Crippen LogP contribution < -0.4 is 0 Å². The molecular formula is C18H18N4O.